The second-order valence-electron chi connectivity index (χ2n) is 6.43. The Labute approximate surface area is 196 Å². The first-order chi connectivity index (χ1) is 14.9. The van der Waals surface area contributed by atoms with Crippen LogP contribution in [-0.4, -0.2) is 33.2 Å². The summed E-state index contributed by atoms with van der Waals surface area (Å²) >= 11 is 13.7. The first-order valence-corrected chi connectivity index (χ1v) is 12.5. The van der Waals surface area contributed by atoms with Crippen LogP contribution in [0.2, 0.25) is 10.0 Å². The number of hydrogen-bond acceptors (Lipinski definition) is 4. The zero-order valence-electron chi connectivity index (χ0n) is 16.4. The summed E-state index contributed by atoms with van der Waals surface area (Å²) in [6.07, 6.45) is 0. The highest BCUT2D eigenvalue weighted by atomic mass is 35.5. The van der Waals surface area contributed by atoms with Crippen molar-refractivity contribution in [1.82, 2.24) is 5.32 Å². The van der Waals surface area contributed by atoms with Crippen LogP contribution in [0.5, 0.6) is 0 Å². The van der Waals surface area contributed by atoms with Gasteiger partial charge in [-0.05, 0) is 48.5 Å². The van der Waals surface area contributed by atoms with Crippen molar-refractivity contribution in [3.63, 3.8) is 0 Å². The zero-order chi connectivity index (χ0) is 22.3. The van der Waals surface area contributed by atoms with Crippen LogP contribution in [-0.2, 0) is 14.8 Å². The molecule has 0 radical (unpaired) electrons. The maximum atomic E-state index is 13.2. The Morgan fingerprint density at radius 2 is 1.55 bits per heavy atom. The number of halogens is 2. The number of carbonyl (C=O) groups excluding carboxylic acids is 1. The van der Waals surface area contributed by atoms with Gasteiger partial charge in [-0.3, -0.25) is 9.10 Å². The molecule has 162 valence electrons. The second kappa shape index (κ2) is 10.9. The highest BCUT2D eigenvalue weighted by Gasteiger charge is 2.28. The van der Waals surface area contributed by atoms with E-state index in [1.54, 1.807) is 66.4 Å². The molecule has 0 aliphatic heterocycles. The first-order valence-electron chi connectivity index (χ1n) is 9.35. The molecular weight excluding hydrogens is 475 g/mol. The number of sulfonamides is 1. The van der Waals surface area contributed by atoms with Crippen molar-refractivity contribution in [3.8, 4) is 0 Å². The van der Waals surface area contributed by atoms with Gasteiger partial charge in [0.2, 0.25) is 5.91 Å². The Bertz CT molecular complexity index is 1130. The van der Waals surface area contributed by atoms with E-state index in [2.05, 4.69) is 5.32 Å². The minimum absolute atomic E-state index is 0.0843. The number of para-hydroxylation sites is 1. The number of nitrogens with zero attached hydrogens (tertiary/aromatic N) is 1. The topological polar surface area (TPSA) is 66.5 Å². The summed E-state index contributed by atoms with van der Waals surface area (Å²) in [5.41, 5.74) is 0.249. The molecule has 0 bridgehead atoms. The molecule has 0 fully saturated rings. The minimum Gasteiger partial charge on any atom is -0.354 e. The van der Waals surface area contributed by atoms with E-state index < -0.39 is 15.9 Å². The second-order valence-corrected chi connectivity index (χ2v) is 10.3. The van der Waals surface area contributed by atoms with E-state index in [4.69, 9.17) is 23.2 Å². The molecule has 9 heteroatoms. The van der Waals surface area contributed by atoms with Gasteiger partial charge in [0.05, 0.1) is 15.6 Å². The molecule has 1 amide bonds. The molecule has 0 spiro atoms. The molecule has 0 aliphatic rings. The normalized spacial score (nSPS) is 11.2. The predicted octanol–water partition coefficient (Wildman–Crippen LogP) is 5.10. The Hall–Kier alpha value is -2.19. The lowest BCUT2D eigenvalue weighted by atomic mass is 10.3. The van der Waals surface area contributed by atoms with Gasteiger partial charge in [-0.1, -0.05) is 53.5 Å². The van der Waals surface area contributed by atoms with E-state index in [1.807, 2.05) is 12.1 Å². The van der Waals surface area contributed by atoms with E-state index in [1.165, 1.54) is 12.1 Å². The van der Waals surface area contributed by atoms with Gasteiger partial charge in [0.15, 0.2) is 0 Å². The maximum absolute atomic E-state index is 13.2. The number of amides is 1. The van der Waals surface area contributed by atoms with Crippen LogP contribution in [0.1, 0.15) is 0 Å². The van der Waals surface area contributed by atoms with Gasteiger partial charge in [-0.25, -0.2) is 8.42 Å². The van der Waals surface area contributed by atoms with Crippen LogP contribution in [0.4, 0.5) is 5.69 Å². The van der Waals surface area contributed by atoms with E-state index in [9.17, 15) is 13.2 Å². The molecule has 0 aromatic heterocycles. The van der Waals surface area contributed by atoms with Gasteiger partial charge >= 0.3 is 0 Å². The van der Waals surface area contributed by atoms with E-state index in [0.717, 1.165) is 9.20 Å². The summed E-state index contributed by atoms with van der Waals surface area (Å²) in [6.45, 7) is 0.000442. The van der Waals surface area contributed by atoms with Gasteiger partial charge in [0, 0.05) is 22.2 Å². The summed E-state index contributed by atoms with van der Waals surface area (Å²) in [4.78, 5) is 13.7. The fraction of sp³-hybridized carbons (Fsp3) is 0.136. The summed E-state index contributed by atoms with van der Waals surface area (Å²) in [5, 5.41) is 3.68. The molecule has 1 N–H and O–H groups in total. The first kappa shape index (κ1) is 23.5. The number of thioether (sulfide) groups is 1. The molecular formula is C22H20Cl2N2O3S2. The number of rotatable bonds is 9. The van der Waals surface area contributed by atoms with Crippen molar-refractivity contribution >= 4 is 56.6 Å². The summed E-state index contributed by atoms with van der Waals surface area (Å²) < 4.78 is 27.5. The Morgan fingerprint density at radius 3 is 2.23 bits per heavy atom. The number of carbonyl (C=O) groups is 1. The number of nitrogens with one attached hydrogen (secondary N) is 1. The van der Waals surface area contributed by atoms with Crippen LogP contribution in [0.25, 0.3) is 0 Å². The molecule has 3 aromatic carbocycles. The van der Waals surface area contributed by atoms with Gasteiger partial charge < -0.3 is 5.32 Å². The van der Waals surface area contributed by atoms with E-state index in [-0.39, 0.29) is 22.2 Å². The lowest BCUT2D eigenvalue weighted by molar-refractivity contribution is -0.119. The summed E-state index contributed by atoms with van der Waals surface area (Å²) in [7, 11) is -3.98. The molecule has 0 aliphatic carbocycles. The quantitative estimate of drug-likeness (QED) is 0.332. The molecule has 3 rings (SSSR count). The standard InChI is InChI=1S/C22H20Cl2N2O3S2/c23-17-10-12-18(13-11-17)30-15-14-25-22(27)16-26(21-9-5-4-8-20(21)24)31(28,29)19-6-2-1-3-7-19/h1-13H,14-16H2,(H,25,27). The fourth-order valence-electron chi connectivity index (χ4n) is 2.75. The zero-order valence-corrected chi connectivity index (χ0v) is 19.5. The van der Waals surface area contributed by atoms with Gasteiger partial charge in [0.1, 0.15) is 6.54 Å². The van der Waals surface area contributed by atoms with Crippen LogP contribution >= 0.6 is 35.0 Å². The fourth-order valence-corrected chi connectivity index (χ4v) is 5.39. The average molecular weight is 495 g/mol. The molecule has 0 saturated heterocycles. The largest absolute Gasteiger partial charge is 0.354 e. The molecule has 0 unspecified atom stereocenters. The van der Waals surface area contributed by atoms with Crippen molar-refractivity contribution in [2.45, 2.75) is 9.79 Å². The van der Waals surface area contributed by atoms with Crippen molar-refractivity contribution < 1.29 is 13.2 Å². The number of benzene rings is 3. The SMILES string of the molecule is O=C(CN(c1ccccc1Cl)S(=O)(=O)c1ccccc1)NCCSc1ccc(Cl)cc1. The van der Waals surface area contributed by atoms with Crippen molar-refractivity contribution in [2.24, 2.45) is 0 Å². The van der Waals surface area contributed by atoms with Crippen LogP contribution in [0, 0.1) is 0 Å². The van der Waals surface area contributed by atoms with Crippen LogP contribution < -0.4 is 9.62 Å². The molecule has 0 atom stereocenters. The van der Waals surface area contributed by atoms with Crippen molar-refractivity contribution in [1.29, 1.82) is 0 Å². The van der Waals surface area contributed by atoms with Gasteiger partial charge in [-0.15, -0.1) is 11.8 Å². The smallest absolute Gasteiger partial charge is 0.264 e. The monoisotopic (exact) mass is 494 g/mol. The molecule has 3 aromatic rings. The molecule has 0 saturated carbocycles. The predicted molar refractivity (Wildman–Crippen MR) is 128 cm³/mol. The molecule has 0 heterocycles. The highest BCUT2D eigenvalue weighted by Crippen LogP contribution is 2.30. The minimum atomic E-state index is -3.98. The maximum Gasteiger partial charge on any atom is 0.264 e. The van der Waals surface area contributed by atoms with Crippen LogP contribution in [0.3, 0.4) is 0 Å². The lowest BCUT2D eigenvalue weighted by Gasteiger charge is -2.25. The van der Waals surface area contributed by atoms with Crippen LogP contribution in [0.15, 0.2) is 88.7 Å². The summed E-state index contributed by atoms with van der Waals surface area (Å²) in [6, 6.07) is 21.9. The molecule has 31 heavy (non-hydrogen) atoms. The van der Waals surface area contributed by atoms with E-state index in [0.29, 0.717) is 17.3 Å². The third kappa shape index (κ3) is 6.40. The molecule has 5 nitrogen and oxygen atoms in total. The highest BCUT2D eigenvalue weighted by molar-refractivity contribution is 7.99. The number of anilines is 1. The third-order valence-electron chi connectivity index (χ3n) is 4.25. The third-order valence-corrected chi connectivity index (χ3v) is 7.61. The Balaban J connectivity index is 1.69. The average Bonchev–Trinajstić information content (AvgIpc) is 2.77. The van der Waals surface area contributed by atoms with Crippen molar-refractivity contribution in [3.05, 3.63) is 88.9 Å². The van der Waals surface area contributed by atoms with E-state index >= 15 is 0 Å². The van der Waals surface area contributed by atoms with Crippen molar-refractivity contribution in [2.75, 3.05) is 23.1 Å². The Kier molecular flexibility index (Phi) is 8.26. The lowest BCUT2D eigenvalue weighted by Crippen LogP contribution is -2.41. The van der Waals surface area contributed by atoms with Gasteiger partial charge in [-0.2, -0.15) is 0 Å². The number of hydrogen-bond donors (Lipinski definition) is 1. The Morgan fingerprint density at radius 1 is 0.903 bits per heavy atom. The van der Waals surface area contributed by atoms with Gasteiger partial charge in [0.25, 0.3) is 10.0 Å². The summed E-state index contributed by atoms with van der Waals surface area (Å²) in [5.74, 6) is 0.210.